The lowest BCUT2D eigenvalue weighted by Gasteiger charge is -2.27. The van der Waals surface area contributed by atoms with Crippen LogP contribution in [0.3, 0.4) is 0 Å². The molecule has 1 N–H and O–H groups in total. The Morgan fingerprint density at radius 2 is 2.32 bits per heavy atom. The molecule has 5 nitrogen and oxygen atoms in total. The minimum absolute atomic E-state index is 0.229. The summed E-state index contributed by atoms with van der Waals surface area (Å²) in [4.78, 5) is 11.9. The van der Waals surface area contributed by atoms with Crippen LogP contribution in [0, 0.1) is 11.3 Å². The van der Waals surface area contributed by atoms with E-state index in [-0.39, 0.29) is 6.61 Å². The van der Waals surface area contributed by atoms with E-state index in [4.69, 9.17) is 9.47 Å². The number of benzene rings is 1. The fraction of sp³-hybridized carbons (Fsp3) is 0.286. The van der Waals surface area contributed by atoms with Crippen LogP contribution in [-0.2, 0) is 9.53 Å². The van der Waals surface area contributed by atoms with Gasteiger partial charge in [-0.1, -0.05) is 6.08 Å². The number of hydrogen-bond donors (Lipinski definition) is 1. The summed E-state index contributed by atoms with van der Waals surface area (Å²) in [7, 11) is 1.58. The van der Waals surface area contributed by atoms with E-state index in [0.717, 1.165) is 5.56 Å². The highest BCUT2D eigenvalue weighted by molar-refractivity contribution is 5.95. The molecule has 1 atom stereocenters. The van der Waals surface area contributed by atoms with Gasteiger partial charge in [-0.2, -0.15) is 5.26 Å². The molecule has 1 unspecified atom stereocenters. The number of nitriles is 1. The topological polar surface area (TPSA) is 71.4 Å². The van der Waals surface area contributed by atoms with Gasteiger partial charge < -0.3 is 14.8 Å². The van der Waals surface area contributed by atoms with Gasteiger partial charge in [0.2, 0.25) is 5.54 Å². The fourth-order valence-electron chi connectivity index (χ4n) is 1.86. The van der Waals surface area contributed by atoms with Crippen LogP contribution in [0.5, 0.6) is 5.75 Å². The SMILES string of the molecule is CCOC(=O)C1(C#N)C=Cc2cc(OC)ccc2N1. The predicted octanol–water partition coefficient (Wildman–Crippen LogP) is 1.96. The molecule has 19 heavy (non-hydrogen) atoms. The fourth-order valence-corrected chi connectivity index (χ4v) is 1.86. The molecule has 1 heterocycles. The van der Waals surface area contributed by atoms with Gasteiger partial charge in [-0.25, -0.2) is 4.79 Å². The maximum absolute atomic E-state index is 11.9. The van der Waals surface area contributed by atoms with E-state index in [1.807, 2.05) is 12.1 Å². The Morgan fingerprint density at radius 1 is 1.53 bits per heavy atom. The zero-order valence-electron chi connectivity index (χ0n) is 10.8. The number of rotatable bonds is 3. The number of esters is 1. The van der Waals surface area contributed by atoms with Gasteiger partial charge in [0.15, 0.2) is 0 Å². The van der Waals surface area contributed by atoms with Crippen LogP contribution < -0.4 is 10.1 Å². The Morgan fingerprint density at radius 3 is 2.95 bits per heavy atom. The van der Waals surface area contributed by atoms with E-state index in [2.05, 4.69) is 5.32 Å². The van der Waals surface area contributed by atoms with Crippen molar-refractivity contribution in [2.45, 2.75) is 12.5 Å². The van der Waals surface area contributed by atoms with Gasteiger partial charge in [0.1, 0.15) is 11.8 Å². The largest absolute Gasteiger partial charge is 0.497 e. The predicted molar refractivity (Wildman–Crippen MR) is 70.6 cm³/mol. The standard InChI is InChI=1S/C14H14N2O3/c1-3-19-13(17)14(9-15)7-6-10-8-11(18-2)4-5-12(10)16-14/h4-8,16H,3H2,1-2H3. The highest BCUT2D eigenvalue weighted by Gasteiger charge is 2.40. The zero-order valence-corrected chi connectivity index (χ0v) is 10.8. The number of fused-ring (bicyclic) bond motifs is 1. The maximum Gasteiger partial charge on any atom is 0.350 e. The van der Waals surface area contributed by atoms with Crippen molar-refractivity contribution in [3.63, 3.8) is 0 Å². The number of ether oxygens (including phenoxy) is 2. The van der Waals surface area contributed by atoms with E-state index in [9.17, 15) is 10.1 Å². The molecule has 0 aromatic heterocycles. The molecule has 0 saturated heterocycles. The second-order valence-electron chi connectivity index (χ2n) is 4.05. The minimum atomic E-state index is -1.46. The molecule has 1 aliphatic heterocycles. The van der Waals surface area contributed by atoms with E-state index < -0.39 is 11.5 Å². The lowest BCUT2D eigenvalue weighted by molar-refractivity contribution is -0.145. The Balaban J connectivity index is 2.37. The van der Waals surface area contributed by atoms with Crippen LogP contribution in [0.25, 0.3) is 6.08 Å². The molecule has 98 valence electrons. The van der Waals surface area contributed by atoms with Crippen molar-refractivity contribution >= 4 is 17.7 Å². The van der Waals surface area contributed by atoms with Crippen LogP contribution in [0.4, 0.5) is 5.69 Å². The van der Waals surface area contributed by atoms with E-state index in [1.165, 1.54) is 6.08 Å². The average molecular weight is 258 g/mol. The Bertz CT molecular complexity index is 575. The van der Waals surface area contributed by atoms with Gasteiger partial charge in [0.25, 0.3) is 0 Å². The summed E-state index contributed by atoms with van der Waals surface area (Å²) in [5.74, 6) is 0.112. The summed E-state index contributed by atoms with van der Waals surface area (Å²) in [6.07, 6.45) is 3.22. The van der Waals surface area contributed by atoms with Crippen molar-refractivity contribution in [2.24, 2.45) is 0 Å². The first-order valence-electron chi connectivity index (χ1n) is 5.89. The average Bonchev–Trinajstić information content (AvgIpc) is 2.46. The number of carbonyl (C=O) groups excluding carboxylic acids is 1. The summed E-state index contributed by atoms with van der Waals surface area (Å²) in [5.41, 5.74) is 0.0878. The maximum atomic E-state index is 11.9. The minimum Gasteiger partial charge on any atom is -0.497 e. The first-order valence-corrected chi connectivity index (χ1v) is 5.89. The van der Waals surface area contributed by atoms with Gasteiger partial charge in [0, 0.05) is 11.3 Å². The smallest absolute Gasteiger partial charge is 0.350 e. The van der Waals surface area contributed by atoms with Gasteiger partial charge in [0.05, 0.1) is 13.7 Å². The Labute approximate surface area is 111 Å². The van der Waals surface area contributed by atoms with Crippen molar-refractivity contribution < 1.29 is 14.3 Å². The van der Waals surface area contributed by atoms with Crippen LogP contribution in [0.2, 0.25) is 0 Å². The summed E-state index contributed by atoms with van der Waals surface area (Å²) >= 11 is 0. The first-order chi connectivity index (χ1) is 9.15. The van der Waals surface area contributed by atoms with Gasteiger partial charge in [-0.3, -0.25) is 0 Å². The van der Waals surface area contributed by atoms with Crippen molar-refractivity contribution in [2.75, 3.05) is 19.0 Å². The van der Waals surface area contributed by atoms with Crippen molar-refractivity contribution in [1.82, 2.24) is 0 Å². The Hall–Kier alpha value is -2.48. The van der Waals surface area contributed by atoms with Gasteiger partial charge in [-0.15, -0.1) is 0 Å². The molecule has 0 saturated carbocycles. The van der Waals surface area contributed by atoms with E-state index in [0.29, 0.717) is 11.4 Å². The van der Waals surface area contributed by atoms with Crippen LogP contribution >= 0.6 is 0 Å². The molecular weight excluding hydrogens is 244 g/mol. The number of nitrogens with one attached hydrogen (secondary N) is 1. The molecule has 1 aromatic carbocycles. The van der Waals surface area contributed by atoms with Crippen LogP contribution in [0.1, 0.15) is 12.5 Å². The van der Waals surface area contributed by atoms with Crippen molar-refractivity contribution in [3.05, 3.63) is 29.8 Å². The Kier molecular flexibility index (Phi) is 3.43. The second kappa shape index (κ2) is 5.02. The monoisotopic (exact) mass is 258 g/mol. The van der Waals surface area contributed by atoms with E-state index >= 15 is 0 Å². The van der Waals surface area contributed by atoms with E-state index in [1.54, 1.807) is 32.2 Å². The third-order valence-corrected chi connectivity index (χ3v) is 2.88. The summed E-state index contributed by atoms with van der Waals surface area (Å²) in [5, 5.41) is 12.2. The molecule has 5 heteroatoms. The summed E-state index contributed by atoms with van der Waals surface area (Å²) in [6, 6.07) is 7.32. The third-order valence-electron chi connectivity index (χ3n) is 2.88. The molecule has 2 rings (SSSR count). The van der Waals surface area contributed by atoms with Crippen LogP contribution in [0.15, 0.2) is 24.3 Å². The highest BCUT2D eigenvalue weighted by Crippen LogP contribution is 2.31. The van der Waals surface area contributed by atoms with Gasteiger partial charge >= 0.3 is 5.97 Å². The van der Waals surface area contributed by atoms with Gasteiger partial charge in [-0.05, 0) is 31.2 Å². The highest BCUT2D eigenvalue weighted by atomic mass is 16.5. The molecule has 0 fully saturated rings. The number of carbonyl (C=O) groups is 1. The van der Waals surface area contributed by atoms with Crippen molar-refractivity contribution in [3.8, 4) is 11.8 Å². The lowest BCUT2D eigenvalue weighted by atomic mass is 9.94. The van der Waals surface area contributed by atoms with Crippen LogP contribution in [-0.4, -0.2) is 25.2 Å². The number of anilines is 1. The molecule has 1 aliphatic rings. The summed E-state index contributed by atoms with van der Waals surface area (Å²) < 4.78 is 10.1. The quantitative estimate of drug-likeness (QED) is 0.839. The number of methoxy groups -OCH3 is 1. The molecular formula is C14H14N2O3. The van der Waals surface area contributed by atoms with Crippen molar-refractivity contribution in [1.29, 1.82) is 5.26 Å². The normalized spacial score (nSPS) is 19.8. The molecule has 0 amide bonds. The zero-order chi connectivity index (χ0) is 13.9. The molecule has 1 aromatic rings. The first kappa shape index (κ1) is 13.0. The molecule has 0 radical (unpaired) electrons. The molecule has 0 spiro atoms. The molecule has 0 bridgehead atoms. The second-order valence-corrected chi connectivity index (χ2v) is 4.05. The molecule has 0 aliphatic carbocycles. The third kappa shape index (κ3) is 2.25. The number of hydrogen-bond acceptors (Lipinski definition) is 5. The summed E-state index contributed by atoms with van der Waals surface area (Å²) in [6.45, 7) is 1.93. The lowest BCUT2D eigenvalue weighted by Crippen LogP contribution is -2.45. The number of nitrogens with zero attached hydrogens (tertiary/aromatic N) is 1.